The molecule has 7 heteroatoms. The predicted octanol–water partition coefficient (Wildman–Crippen LogP) is 4.02. The van der Waals surface area contributed by atoms with Crippen molar-refractivity contribution in [3.05, 3.63) is 61.8 Å². The van der Waals surface area contributed by atoms with Gasteiger partial charge in [0.1, 0.15) is 10.3 Å². The molecule has 0 aliphatic rings. The van der Waals surface area contributed by atoms with Crippen molar-refractivity contribution in [1.82, 2.24) is 4.98 Å². The maximum absolute atomic E-state index is 10.9. The Morgan fingerprint density at radius 1 is 1.37 bits per heavy atom. The summed E-state index contributed by atoms with van der Waals surface area (Å²) in [6.45, 7) is 0.391. The second-order valence-corrected chi connectivity index (χ2v) is 4.97. The Labute approximate surface area is 122 Å². The molecule has 0 bridgehead atoms. The van der Waals surface area contributed by atoms with E-state index < -0.39 is 4.92 Å². The third-order valence-electron chi connectivity index (χ3n) is 2.39. The molecular weight excluding hydrogens is 334 g/mol. The summed E-state index contributed by atoms with van der Waals surface area (Å²) in [4.78, 5) is 14.7. The number of halogens is 2. The molecule has 0 saturated carbocycles. The van der Waals surface area contributed by atoms with Crippen molar-refractivity contribution in [1.29, 1.82) is 0 Å². The summed E-state index contributed by atoms with van der Waals surface area (Å²) in [5.74, 6) is 0. The van der Waals surface area contributed by atoms with Gasteiger partial charge in [0.15, 0.2) is 0 Å². The van der Waals surface area contributed by atoms with Crippen LogP contribution in [0.25, 0.3) is 0 Å². The average Bonchev–Trinajstić information content (AvgIpc) is 2.37. The lowest BCUT2D eigenvalue weighted by Crippen LogP contribution is -2.04. The summed E-state index contributed by atoms with van der Waals surface area (Å²) < 4.78 is 0.720. The van der Waals surface area contributed by atoms with Crippen molar-refractivity contribution in [2.24, 2.45) is 0 Å². The summed E-state index contributed by atoms with van der Waals surface area (Å²) in [6.07, 6.45) is 0. The summed E-state index contributed by atoms with van der Waals surface area (Å²) >= 11 is 9.02. The highest BCUT2D eigenvalue weighted by Crippen LogP contribution is 2.28. The predicted molar refractivity (Wildman–Crippen MR) is 77.4 cm³/mol. The molecule has 0 saturated heterocycles. The van der Waals surface area contributed by atoms with E-state index in [9.17, 15) is 10.1 Å². The van der Waals surface area contributed by atoms with Crippen LogP contribution in [0.1, 0.15) is 5.69 Å². The highest BCUT2D eigenvalue weighted by Gasteiger charge is 2.13. The largest absolute Gasteiger partial charge is 0.374 e. The number of hydrogen-bond donors (Lipinski definition) is 1. The lowest BCUT2D eigenvalue weighted by atomic mass is 10.2. The van der Waals surface area contributed by atoms with Crippen LogP contribution in [-0.2, 0) is 6.54 Å². The van der Waals surface area contributed by atoms with Crippen LogP contribution in [0.5, 0.6) is 0 Å². The zero-order valence-electron chi connectivity index (χ0n) is 9.64. The van der Waals surface area contributed by atoms with Gasteiger partial charge in [-0.15, -0.1) is 0 Å². The summed E-state index contributed by atoms with van der Waals surface area (Å²) in [6, 6.07) is 10.0. The highest BCUT2D eigenvalue weighted by molar-refractivity contribution is 9.10. The molecule has 98 valence electrons. The van der Waals surface area contributed by atoms with E-state index in [-0.39, 0.29) is 5.69 Å². The van der Waals surface area contributed by atoms with Crippen LogP contribution in [0, 0.1) is 10.1 Å². The van der Waals surface area contributed by atoms with E-state index in [4.69, 9.17) is 11.6 Å². The van der Waals surface area contributed by atoms with Gasteiger partial charge in [0, 0.05) is 11.1 Å². The van der Waals surface area contributed by atoms with Crippen LogP contribution in [-0.4, -0.2) is 9.91 Å². The van der Waals surface area contributed by atoms with Crippen LogP contribution < -0.4 is 5.32 Å². The highest BCUT2D eigenvalue weighted by atomic mass is 79.9. The van der Waals surface area contributed by atoms with E-state index >= 15 is 0 Å². The Kier molecular flexibility index (Phi) is 4.34. The molecule has 0 aliphatic carbocycles. The molecular formula is C12H9BrClN3O2. The number of pyridine rings is 1. The van der Waals surface area contributed by atoms with Crippen LogP contribution in [0.4, 0.5) is 11.4 Å². The van der Waals surface area contributed by atoms with Gasteiger partial charge < -0.3 is 5.32 Å². The number of nitro benzene ring substituents is 1. The molecule has 2 rings (SSSR count). The second-order valence-electron chi connectivity index (χ2n) is 3.72. The summed E-state index contributed by atoms with van der Waals surface area (Å²) in [5, 5.41) is 14.2. The summed E-state index contributed by atoms with van der Waals surface area (Å²) in [7, 11) is 0. The van der Waals surface area contributed by atoms with Gasteiger partial charge in [-0.2, -0.15) is 0 Å². The van der Waals surface area contributed by atoms with Crippen LogP contribution in [0.3, 0.4) is 0 Å². The average molecular weight is 343 g/mol. The third kappa shape index (κ3) is 3.65. The Morgan fingerprint density at radius 3 is 2.84 bits per heavy atom. The first-order valence-corrected chi connectivity index (χ1v) is 6.52. The van der Waals surface area contributed by atoms with Crippen molar-refractivity contribution in [2.75, 3.05) is 5.32 Å². The number of hydrogen-bond acceptors (Lipinski definition) is 4. The maximum atomic E-state index is 10.9. The van der Waals surface area contributed by atoms with Gasteiger partial charge in [-0.25, -0.2) is 4.98 Å². The zero-order chi connectivity index (χ0) is 13.8. The first kappa shape index (κ1) is 13.8. The van der Waals surface area contributed by atoms with Crippen molar-refractivity contribution < 1.29 is 4.92 Å². The molecule has 0 radical (unpaired) electrons. The molecule has 1 aromatic carbocycles. The minimum atomic E-state index is -0.470. The van der Waals surface area contributed by atoms with E-state index in [1.54, 1.807) is 12.1 Å². The smallest absolute Gasteiger partial charge is 0.293 e. The van der Waals surface area contributed by atoms with E-state index in [1.165, 1.54) is 6.07 Å². The van der Waals surface area contributed by atoms with Crippen molar-refractivity contribution in [3.8, 4) is 0 Å². The van der Waals surface area contributed by atoms with E-state index in [0.717, 1.165) is 10.3 Å². The Balaban J connectivity index is 2.17. The normalized spacial score (nSPS) is 10.2. The zero-order valence-corrected chi connectivity index (χ0v) is 12.0. The monoisotopic (exact) mass is 341 g/mol. The number of rotatable bonds is 4. The van der Waals surface area contributed by atoms with Gasteiger partial charge >= 0.3 is 0 Å². The van der Waals surface area contributed by atoms with Crippen LogP contribution in [0.2, 0.25) is 5.02 Å². The van der Waals surface area contributed by atoms with Crippen molar-refractivity contribution in [3.63, 3.8) is 0 Å². The number of nitro groups is 1. The fourth-order valence-corrected chi connectivity index (χ4v) is 2.09. The van der Waals surface area contributed by atoms with E-state index in [1.807, 2.05) is 18.2 Å². The minimum absolute atomic E-state index is 0.0532. The van der Waals surface area contributed by atoms with Gasteiger partial charge in [0.25, 0.3) is 5.69 Å². The number of aromatic nitrogens is 1. The quantitative estimate of drug-likeness (QED) is 0.518. The third-order valence-corrected chi connectivity index (χ3v) is 3.07. The van der Waals surface area contributed by atoms with Gasteiger partial charge in [0.2, 0.25) is 0 Å². The summed E-state index contributed by atoms with van der Waals surface area (Å²) in [5.41, 5.74) is 1.14. The van der Waals surface area contributed by atoms with E-state index in [2.05, 4.69) is 26.2 Å². The molecule has 5 nitrogen and oxygen atoms in total. The molecule has 0 unspecified atom stereocenters. The van der Waals surface area contributed by atoms with Crippen LogP contribution >= 0.6 is 27.5 Å². The molecule has 0 fully saturated rings. The lowest BCUT2D eigenvalue weighted by molar-refractivity contribution is -0.383. The number of anilines is 1. The molecule has 0 atom stereocenters. The van der Waals surface area contributed by atoms with Gasteiger partial charge in [-0.3, -0.25) is 10.1 Å². The molecule has 0 amide bonds. The Bertz CT molecular complexity index is 622. The SMILES string of the molecule is O=[N+]([O-])c1cc(Cl)ccc1NCc1cccc(Br)n1. The number of nitrogens with zero attached hydrogens (tertiary/aromatic N) is 2. The first-order chi connectivity index (χ1) is 9.06. The fraction of sp³-hybridized carbons (Fsp3) is 0.0833. The van der Waals surface area contributed by atoms with E-state index in [0.29, 0.717) is 17.3 Å². The molecule has 19 heavy (non-hydrogen) atoms. The Morgan fingerprint density at radius 2 is 2.16 bits per heavy atom. The molecule has 0 aliphatic heterocycles. The van der Waals surface area contributed by atoms with Gasteiger partial charge in [-0.1, -0.05) is 17.7 Å². The van der Waals surface area contributed by atoms with Gasteiger partial charge in [0.05, 0.1) is 17.2 Å². The standard InChI is InChI=1S/C12H9BrClN3O2/c13-12-3-1-2-9(16-12)7-15-10-5-4-8(14)6-11(10)17(18)19/h1-6,15H,7H2. The Hall–Kier alpha value is -1.66. The topological polar surface area (TPSA) is 68.1 Å². The number of nitrogens with one attached hydrogen (secondary N) is 1. The maximum Gasteiger partial charge on any atom is 0.293 e. The minimum Gasteiger partial charge on any atom is -0.374 e. The van der Waals surface area contributed by atoms with Gasteiger partial charge in [-0.05, 0) is 40.2 Å². The first-order valence-electron chi connectivity index (χ1n) is 5.35. The fourth-order valence-electron chi connectivity index (χ4n) is 1.54. The molecule has 1 heterocycles. The van der Waals surface area contributed by atoms with Crippen molar-refractivity contribution >= 4 is 38.9 Å². The van der Waals surface area contributed by atoms with Crippen molar-refractivity contribution in [2.45, 2.75) is 6.54 Å². The lowest BCUT2D eigenvalue weighted by Gasteiger charge is -2.07. The number of benzene rings is 1. The molecule has 2 aromatic rings. The molecule has 0 spiro atoms. The molecule has 1 aromatic heterocycles. The second kappa shape index (κ2) is 5.99. The molecule has 1 N–H and O–H groups in total. The van der Waals surface area contributed by atoms with Crippen LogP contribution in [0.15, 0.2) is 41.0 Å².